The number of nitrogens with zero attached hydrogens (tertiary/aromatic N) is 3. The lowest BCUT2D eigenvalue weighted by Gasteiger charge is -2.24. The predicted octanol–water partition coefficient (Wildman–Crippen LogP) is 3.86. The quantitative estimate of drug-likeness (QED) is 0.412. The molecule has 0 radical (unpaired) electrons. The minimum atomic E-state index is -0.0784. The van der Waals surface area contributed by atoms with Crippen LogP contribution in [0.25, 0.3) is 0 Å². The Hall–Kier alpha value is -1.06. The van der Waals surface area contributed by atoms with Gasteiger partial charge < -0.3 is 0 Å². The van der Waals surface area contributed by atoms with E-state index >= 15 is 0 Å². The molecule has 0 fully saturated rings. The Kier molecular flexibility index (Phi) is 11.7. The van der Waals surface area contributed by atoms with Crippen molar-refractivity contribution >= 4 is 0 Å². The summed E-state index contributed by atoms with van der Waals surface area (Å²) in [7, 11) is 0. The van der Waals surface area contributed by atoms with Crippen molar-refractivity contribution in [2.24, 2.45) is 0 Å². The summed E-state index contributed by atoms with van der Waals surface area (Å²) in [5.41, 5.74) is 0. The second kappa shape index (κ2) is 12.4. The summed E-state index contributed by atoms with van der Waals surface area (Å²) in [5, 5.41) is 17.9. The topological polar surface area (TPSA) is 50.8 Å². The molecule has 3 nitrogen and oxygen atoms in total. The van der Waals surface area contributed by atoms with E-state index in [9.17, 15) is 0 Å². The molecule has 1 unspecified atom stereocenters. The second-order valence-electron chi connectivity index (χ2n) is 4.83. The fraction of sp³-hybridized carbons (Fsp3) is 0.867. The molecule has 0 aliphatic rings. The predicted molar refractivity (Wildman–Crippen MR) is 74.9 cm³/mol. The van der Waals surface area contributed by atoms with Gasteiger partial charge in [0.25, 0.3) is 0 Å². The van der Waals surface area contributed by atoms with Crippen LogP contribution in [0.4, 0.5) is 0 Å². The normalized spacial score (nSPS) is 12.1. The molecule has 0 aromatic carbocycles. The van der Waals surface area contributed by atoms with Gasteiger partial charge in [0.15, 0.2) is 0 Å². The molecule has 0 saturated heterocycles. The van der Waals surface area contributed by atoms with Crippen LogP contribution in [0.5, 0.6) is 0 Å². The minimum Gasteiger partial charge on any atom is -0.275 e. The zero-order chi connectivity index (χ0) is 13.6. The van der Waals surface area contributed by atoms with E-state index in [1.165, 1.54) is 32.1 Å². The number of hydrogen-bond acceptors (Lipinski definition) is 3. The molecule has 0 aliphatic heterocycles. The van der Waals surface area contributed by atoms with Gasteiger partial charge >= 0.3 is 0 Å². The molecular formula is C15H27N3. The molecule has 0 spiro atoms. The van der Waals surface area contributed by atoms with E-state index in [2.05, 4.69) is 26.0 Å². The van der Waals surface area contributed by atoms with Crippen molar-refractivity contribution in [3.8, 4) is 12.1 Å². The number of nitriles is 2. The SMILES string of the molecule is CCCCCCCCN(CC#N)C(C#N)CCC. The van der Waals surface area contributed by atoms with E-state index in [0.29, 0.717) is 6.54 Å². The standard InChI is InChI=1S/C15H27N3/c1-3-5-6-7-8-9-12-18(13-11-16)15(14-17)10-4-2/h15H,3-10,12-13H2,1-2H3. The Bertz CT molecular complexity index is 262. The lowest BCUT2D eigenvalue weighted by molar-refractivity contribution is 0.244. The van der Waals surface area contributed by atoms with Gasteiger partial charge in [0.2, 0.25) is 0 Å². The molecule has 102 valence electrons. The second-order valence-corrected chi connectivity index (χ2v) is 4.83. The highest BCUT2D eigenvalue weighted by molar-refractivity contribution is 4.94. The average molecular weight is 249 g/mol. The molecule has 0 aliphatic carbocycles. The molecule has 3 heteroatoms. The van der Waals surface area contributed by atoms with Gasteiger partial charge in [0.05, 0.1) is 24.7 Å². The number of unbranched alkanes of at least 4 members (excludes halogenated alkanes) is 5. The number of hydrogen-bond donors (Lipinski definition) is 0. The van der Waals surface area contributed by atoms with E-state index in [0.717, 1.165) is 25.8 Å². The highest BCUT2D eigenvalue weighted by Crippen LogP contribution is 2.10. The van der Waals surface area contributed by atoms with Gasteiger partial charge in [-0.25, -0.2) is 0 Å². The van der Waals surface area contributed by atoms with Crippen LogP contribution in [-0.4, -0.2) is 24.0 Å². The Balaban J connectivity index is 3.89. The zero-order valence-corrected chi connectivity index (χ0v) is 12.0. The molecule has 0 amide bonds. The first-order chi connectivity index (χ1) is 8.79. The van der Waals surface area contributed by atoms with Crippen LogP contribution in [0.15, 0.2) is 0 Å². The monoisotopic (exact) mass is 249 g/mol. The fourth-order valence-corrected chi connectivity index (χ4v) is 2.13. The molecule has 1 atom stereocenters. The van der Waals surface area contributed by atoms with Crippen LogP contribution >= 0.6 is 0 Å². The highest BCUT2D eigenvalue weighted by Gasteiger charge is 2.15. The van der Waals surface area contributed by atoms with Gasteiger partial charge in [-0.05, 0) is 12.8 Å². The summed E-state index contributed by atoms with van der Waals surface area (Å²) < 4.78 is 0. The van der Waals surface area contributed by atoms with E-state index in [-0.39, 0.29) is 6.04 Å². The van der Waals surface area contributed by atoms with E-state index < -0.39 is 0 Å². The Morgan fingerprint density at radius 2 is 1.61 bits per heavy atom. The largest absolute Gasteiger partial charge is 0.275 e. The zero-order valence-electron chi connectivity index (χ0n) is 12.0. The smallest absolute Gasteiger partial charge is 0.0986 e. The van der Waals surface area contributed by atoms with Crippen LogP contribution in [0.2, 0.25) is 0 Å². The molecule has 0 bridgehead atoms. The van der Waals surface area contributed by atoms with E-state index in [1.54, 1.807) is 0 Å². The van der Waals surface area contributed by atoms with Gasteiger partial charge in [-0.1, -0.05) is 52.4 Å². The van der Waals surface area contributed by atoms with E-state index in [1.807, 2.05) is 4.90 Å². The summed E-state index contributed by atoms with van der Waals surface area (Å²) >= 11 is 0. The lowest BCUT2D eigenvalue weighted by atomic mass is 10.1. The van der Waals surface area contributed by atoms with Gasteiger partial charge in [0.1, 0.15) is 0 Å². The van der Waals surface area contributed by atoms with Crippen molar-refractivity contribution in [2.45, 2.75) is 71.3 Å². The molecule has 0 saturated carbocycles. The van der Waals surface area contributed by atoms with Gasteiger partial charge in [-0.15, -0.1) is 0 Å². The summed E-state index contributed by atoms with van der Waals surface area (Å²) in [5.74, 6) is 0. The first-order valence-electron chi connectivity index (χ1n) is 7.30. The van der Waals surface area contributed by atoms with Gasteiger partial charge in [0, 0.05) is 6.54 Å². The maximum atomic E-state index is 9.13. The number of rotatable bonds is 11. The molecule has 0 aromatic heterocycles. The third kappa shape index (κ3) is 8.09. The van der Waals surface area contributed by atoms with Crippen LogP contribution in [-0.2, 0) is 0 Å². The first kappa shape index (κ1) is 16.9. The third-order valence-electron chi connectivity index (χ3n) is 3.22. The molecular weight excluding hydrogens is 222 g/mol. The highest BCUT2D eigenvalue weighted by atomic mass is 15.1. The van der Waals surface area contributed by atoms with Crippen molar-refractivity contribution < 1.29 is 0 Å². The lowest BCUT2D eigenvalue weighted by Crippen LogP contribution is -2.35. The molecule has 0 aromatic rings. The average Bonchev–Trinajstić information content (AvgIpc) is 2.39. The van der Waals surface area contributed by atoms with Crippen molar-refractivity contribution in [3.05, 3.63) is 0 Å². The molecule has 18 heavy (non-hydrogen) atoms. The third-order valence-corrected chi connectivity index (χ3v) is 3.22. The van der Waals surface area contributed by atoms with Crippen LogP contribution in [0, 0.1) is 22.7 Å². The van der Waals surface area contributed by atoms with Crippen molar-refractivity contribution in [1.29, 1.82) is 10.5 Å². The fourth-order valence-electron chi connectivity index (χ4n) is 2.13. The van der Waals surface area contributed by atoms with Gasteiger partial charge in [-0.2, -0.15) is 10.5 Å². The Labute approximate surface area is 112 Å². The van der Waals surface area contributed by atoms with E-state index in [4.69, 9.17) is 10.5 Å². The van der Waals surface area contributed by atoms with Gasteiger partial charge in [-0.3, -0.25) is 4.90 Å². The van der Waals surface area contributed by atoms with Crippen molar-refractivity contribution in [1.82, 2.24) is 4.90 Å². The van der Waals surface area contributed by atoms with Crippen molar-refractivity contribution in [3.63, 3.8) is 0 Å². The van der Waals surface area contributed by atoms with Crippen LogP contribution < -0.4 is 0 Å². The van der Waals surface area contributed by atoms with Crippen LogP contribution in [0.3, 0.4) is 0 Å². The summed E-state index contributed by atoms with van der Waals surface area (Å²) in [4.78, 5) is 2.03. The van der Waals surface area contributed by atoms with Crippen molar-refractivity contribution in [2.75, 3.05) is 13.1 Å². The maximum Gasteiger partial charge on any atom is 0.0986 e. The Morgan fingerprint density at radius 3 is 2.17 bits per heavy atom. The molecule has 0 N–H and O–H groups in total. The first-order valence-corrected chi connectivity index (χ1v) is 7.30. The Morgan fingerprint density at radius 1 is 0.944 bits per heavy atom. The minimum absolute atomic E-state index is 0.0784. The molecule has 0 heterocycles. The molecule has 0 rings (SSSR count). The maximum absolute atomic E-state index is 9.13. The summed E-state index contributed by atoms with van der Waals surface area (Å²) in [6.07, 6.45) is 9.36. The summed E-state index contributed by atoms with van der Waals surface area (Å²) in [6, 6.07) is 4.42. The van der Waals surface area contributed by atoms with Crippen LogP contribution in [0.1, 0.15) is 65.2 Å². The summed E-state index contributed by atoms with van der Waals surface area (Å²) in [6.45, 7) is 5.57.